The second kappa shape index (κ2) is 7.88. The van der Waals surface area contributed by atoms with Gasteiger partial charge >= 0.3 is 5.69 Å². The van der Waals surface area contributed by atoms with Crippen LogP contribution in [0.1, 0.15) is 25.5 Å². The smallest absolute Gasteiger partial charge is 0.328 e. The second-order valence-corrected chi connectivity index (χ2v) is 6.94. The average Bonchev–Trinajstić information content (AvgIpc) is 3.13. The van der Waals surface area contributed by atoms with E-state index in [2.05, 4.69) is 23.7 Å². The average molecular weight is 373 g/mol. The molecule has 0 bridgehead atoms. The van der Waals surface area contributed by atoms with E-state index in [0.29, 0.717) is 10.2 Å². The molecule has 0 saturated carbocycles. The third-order valence-corrected chi connectivity index (χ3v) is 5.58. The summed E-state index contributed by atoms with van der Waals surface area (Å²) in [4.78, 5) is 30.4. The van der Waals surface area contributed by atoms with Crippen molar-refractivity contribution >= 4 is 21.6 Å². The molecule has 0 spiro atoms. The zero-order valence-electron chi connectivity index (χ0n) is 15.2. The molecule has 3 aromatic rings. The highest BCUT2D eigenvalue weighted by molar-refractivity contribution is 7.17. The van der Waals surface area contributed by atoms with Crippen LogP contribution >= 0.6 is 11.3 Å². The van der Waals surface area contributed by atoms with Gasteiger partial charge in [-0.2, -0.15) is 0 Å². The maximum atomic E-state index is 12.8. The van der Waals surface area contributed by atoms with Crippen LogP contribution in [0.4, 0.5) is 0 Å². The number of rotatable bonds is 7. The van der Waals surface area contributed by atoms with E-state index < -0.39 is 0 Å². The van der Waals surface area contributed by atoms with Crippen LogP contribution in [0.3, 0.4) is 0 Å². The van der Waals surface area contributed by atoms with Gasteiger partial charge < -0.3 is 9.72 Å². The van der Waals surface area contributed by atoms with Crippen molar-refractivity contribution in [3.05, 3.63) is 62.1 Å². The van der Waals surface area contributed by atoms with Crippen LogP contribution in [0, 0.1) is 0 Å². The Hall–Kier alpha value is -2.38. The van der Waals surface area contributed by atoms with E-state index >= 15 is 0 Å². The molecule has 1 aromatic carbocycles. The van der Waals surface area contributed by atoms with E-state index in [4.69, 9.17) is 4.74 Å². The summed E-state index contributed by atoms with van der Waals surface area (Å²) in [5.41, 5.74) is 1.01. The van der Waals surface area contributed by atoms with Crippen LogP contribution in [0.5, 0.6) is 5.75 Å². The topological polar surface area (TPSA) is 67.3 Å². The zero-order valence-corrected chi connectivity index (χ0v) is 16.0. The Balaban J connectivity index is 2.09. The molecule has 0 aliphatic rings. The van der Waals surface area contributed by atoms with Crippen molar-refractivity contribution in [2.75, 3.05) is 20.2 Å². The van der Waals surface area contributed by atoms with E-state index in [1.54, 1.807) is 13.2 Å². The number of fused-ring (bicyclic) bond motifs is 1. The Morgan fingerprint density at radius 3 is 2.69 bits per heavy atom. The van der Waals surface area contributed by atoms with Crippen LogP contribution in [0.25, 0.3) is 10.2 Å². The van der Waals surface area contributed by atoms with Crippen molar-refractivity contribution in [3.63, 3.8) is 0 Å². The van der Waals surface area contributed by atoms with Gasteiger partial charge in [0, 0.05) is 0 Å². The quantitative estimate of drug-likeness (QED) is 0.692. The lowest BCUT2D eigenvalue weighted by Gasteiger charge is -2.30. The van der Waals surface area contributed by atoms with E-state index in [9.17, 15) is 9.59 Å². The summed E-state index contributed by atoms with van der Waals surface area (Å²) in [6.45, 7) is 6.06. The van der Waals surface area contributed by atoms with E-state index in [1.807, 2.05) is 29.6 Å². The van der Waals surface area contributed by atoms with Gasteiger partial charge in [-0.3, -0.25) is 14.3 Å². The molecule has 138 valence electrons. The zero-order chi connectivity index (χ0) is 18.7. The Kier molecular flexibility index (Phi) is 5.58. The van der Waals surface area contributed by atoms with Crippen LogP contribution in [-0.2, 0) is 6.54 Å². The minimum atomic E-state index is -0.374. The van der Waals surface area contributed by atoms with Gasteiger partial charge in [-0.05, 0) is 42.2 Å². The van der Waals surface area contributed by atoms with Gasteiger partial charge in [0.05, 0.1) is 25.2 Å². The summed E-state index contributed by atoms with van der Waals surface area (Å²) in [6, 6.07) is 9.45. The minimum Gasteiger partial charge on any atom is -0.497 e. The molecule has 1 atom stereocenters. The predicted octanol–water partition coefficient (Wildman–Crippen LogP) is 2.84. The minimum absolute atomic E-state index is 0.101. The molecule has 0 saturated heterocycles. The van der Waals surface area contributed by atoms with E-state index in [1.165, 1.54) is 15.9 Å². The molecule has 6 nitrogen and oxygen atoms in total. The van der Waals surface area contributed by atoms with Gasteiger partial charge in [0.15, 0.2) is 0 Å². The van der Waals surface area contributed by atoms with Gasteiger partial charge in [0.25, 0.3) is 5.56 Å². The van der Waals surface area contributed by atoms with Gasteiger partial charge in [-0.1, -0.05) is 26.0 Å². The van der Waals surface area contributed by atoms with Crippen molar-refractivity contribution in [1.29, 1.82) is 0 Å². The molecule has 3 rings (SSSR count). The number of H-pyrrole nitrogens is 1. The molecular formula is C19H23N3O3S. The van der Waals surface area contributed by atoms with Crippen LogP contribution in [-0.4, -0.2) is 34.7 Å². The number of likely N-dealkylation sites (N-methyl/N-ethyl adjacent to an activating group) is 1. The summed E-state index contributed by atoms with van der Waals surface area (Å²) in [5.74, 6) is 0.759. The molecule has 2 heterocycles. The molecule has 0 radical (unpaired) electrons. The largest absolute Gasteiger partial charge is 0.497 e. The molecule has 0 fully saturated rings. The number of benzene rings is 1. The second-order valence-electron chi connectivity index (χ2n) is 6.02. The normalized spacial score (nSPS) is 12.6. The number of methoxy groups -OCH3 is 1. The standard InChI is InChI=1S/C19H23N3O3S/c1-4-21(5-2)16(13-7-6-8-14(11-13)25-3)12-22-18(23)17-15(9-10-26-17)20-19(22)24/h6-11,16H,4-5,12H2,1-3H3,(H,20,24). The van der Waals surface area contributed by atoms with Crippen molar-refractivity contribution in [3.8, 4) is 5.75 Å². The summed E-state index contributed by atoms with van der Waals surface area (Å²) in [7, 11) is 1.63. The van der Waals surface area contributed by atoms with Crippen molar-refractivity contribution in [2.24, 2.45) is 0 Å². The first-order valence-corrected chi connectivity index (χ1v) is 9.55. The van der Waals surface area contributed by atoms with Gasteiger partial charge in [-0.15, -0.1) is 11.3 Å². The van der Waals surface area contributed by atoms with Crippen molar-refractivity contribution < 1.29 is 4.74 Å². The maximum absolute atomic E-state index is 12.8. The van der Waals surface area contributed by atoms with Crippen molar-refractivity contribution in [2.45, 2.75) is 26.4 Å². The highest BCUT2D eigenvalue weighted by Gasteiger charge is 2.21. The number of nitrogens with zero attached hydrogens (tertiary/aromatic N) is 2. The number of aromatic amines is 1. The number of hydrogen-bond acceptors (Lipinski definition) is 5. The number of hydrogen-bond donors (Lipinski definition) is 1. The number of nitrogens with one attached hydrogen (secondary N) is 1. The highest BCUT2D eigenvalue weighted by Crippen LogP contribution is 2.25. The Morgan fingerprint density at radius 1 is 1.23 bits per heavy atom. The first kappa shape index (κ1) is 18.4. The molecule has 1 unspecified atom stereocenters. The molecule has 1 N–H and O–H groups in total. The first-order chi connectivity index (χ1) is 12.6. The predicted molar refractivity (Wildman–Crippen MR) is 105 cm³/mol. The van der Waals surface area contributed by atoms with Gasteiger partial charge in [-0.25, -0.2) is 4.79 Å². The van der Waals surface area contributed by atoms with Crippen LogP contribution in [0.15, 0.2) is 45.3 Å². The lowest BCUT2D eigenvalue weighted by Crippen LogP contribution is -2.40. The monoisotopic (exact) mass is 373 g/mol. The molecule has 26 heavy (non-hydrogen) atoms. The van der Waals surface area contributed by atoms with E-state index in [-0.39, 0.29) is 23.8 Å². The molecule has 0 amide bonds. The summed E-state index contributed by atoms with van der Waals surface area (Å²) in [5, 5.41) is 1.82. The lowest BCUT2D eigenvalue weighted by molar-refractivity contribution is 0.194. The third-order valence-electron chi connectivity index (χ3n) is 4.68. The molecule has 0 aliphatic heterocycles. The van der Waals surface area contributed by atoms with Crippen LogP contribution < -0.4 is 16.0 Å². The molecular weight excluding hydrogens is 350 g/mol. The van der Waals surface area contributed by atoms with Crippen LogP contribution in [0.2, 0.25) is 0 Å². The fourth-order valence-electron chi connectivity index (χ4n) is 3.25. The third kappa shape index (κ3) is 3.45. The van der Waals surface area contributed by atoms with E-state index in [0.717, 1.165) is 24.4 Å². The Bertz CT molecular complexity index is 1000. The number of aromatic nitrogens is 2. The fourth-order valence-corrected chi connectivity index (χ4v) is 4.05. The van der Waals surface area contributed by atoms with Gasteiger partial charge in [0.2, 0.25) is 0 Å². The van der Waals surface area contributed by atoms with Crippen molar-refractivity contribution in [1.82, 2.24) is 14.5 Å². The summed E-state index contributed by atoms with van der Waals surface area (Å²) < 4.78 is 7.23. The highest BCUT2D eigenvalue weighted by atomic mass is 32.1. The first-order valence-electron chi connectivity index (χ1n) is 8.67. The lowest BCUT2D eigenvalue weighted by atomic mass is 10.0. The SMILES string of the molecule is CCN(CC)C(Cn1c(=O)[nH]c2ccsc2c1=O)c1cccc(OC)c1. The Labute approximate surface area is 155 Å². The molecule has 2 aromatic heterocycles. The number of ether oxygens (including phenoxy) is 1. The summed E-state index contributed by atoms with van der Waals surface area (Å²) >= 11 is 1.35. The fraction of sp³-hybridized carbons (Fsp3) is 0.368. The molecule has 7 heteroatoms. The summed E-state index contributed by atoms with van der Waals surface area (Å²) in [6.07, 6.45) is 0. The van der Waals surface area contributed by atoms with Gasteiger partial charge in [0.1, 0.15) is 10.4 Å². The Morgan fingerprint density at radius 2 is 2.00 bits per heavy atom. The molecule has 0 aliphatic carbocycles. The number of thiophene rings is 1. The maximum Gasteiger partial charge on any atom is 0.328 e.